The molecule has 27 heavy (non-hydrogen) atoms. The van der Waals surface area contributed by atoms with Crippen molar-refractivity contribution in [3.63, 3.8) is 0 Å². The summed E-state index contributed by atoms with van der Waals surface area (Å²) in [5.41, 5.74) is 0. The molecule has 2 aromatic rings. The molecule has 1 aromatic heterocycles. The molecule has 140 valence electrons. The molecule has 3 rings (SSSR count). The van der Waals surface area contributed by atoms with E-state index >= 15 is 0 Å². The van der Waals surface area contributed by atoms with Crippen LogP contribution in [0, 0.1) is 10.1 Å². The maximum absolute atomic E-state index is 12.4. The number of carbonyl (C=O) groups excluding carboxylic acids is 2. The Balaban J connectivity index is 1.63. The number of carbonyl (C=O) groups is 2. The SMILES string of the molecule is COc1ccccc1OCCN1C(=O)S/C(=C\c2ccc([N+](=O)[O-])s2)C1=O. The second kappa shape index (κ2) is 8.23. The Labute approximate surface area is 162 Å². The van der Waals surface area contributed by atoms with Gasteiger partial charge in [0.05, 0.1) is 23.5 Å². The number of ether oxygens (including phenoxy) is 2. The third-order valence-corrected chi connectivity index (χ3v) is 5.47. The van der Waals surface area contributed by atoms with Crippen LogP contribution in [0.15, 0.2) is 41.3 Å². The summed E-state index contributed by atoms with van der Waals surface area (Å²) in [6.45, 7) is 0.209. The van der Waals surface area contributed by atoms with Gasteiger partial charge in [-0.2, -0.15) is 0 Å². The molecule has 1 aliphatic rings. The van der Waals surface area contributed by atoms with Crippen molar-refractivity contribution in [2.24, 2.45) is 0 Å². The first-order valence-electron chi connectivity index (χ1n) is 7.75. The fourth-order valence-corrected chi connectivity index (χ4v) is 4.02. The number of thioether (sulfide) groups is 1. The van der Waals surface area contributed by atoms with E-state index in [9.17, 15) is 19.7 Å². The van der Waals surface area contributed by atoms with Crippen molar-refractivity contribution >= 4 is 45.3 Å². The molecule has 0 spiro atoms. The number of nitro groups is 1. The lowest BCUT2D eigenvalue weighted by molar-refractivity contribution is -0.380. The number of hydrogen-bond donors (Lipinski definition) is 0. The number of methoxy groups -OCH3 is 1. The standard InChI is InChI=1S/C17H14N2O6S2/c1-24-12-4-2-3-5-13(12)25-9-8-18-16(20)14(27-17(18)21)10-11-6-7-15(26-11)19(22)23/h2-7,10H,8-9H2,1H3/b14-10-. The zero-order chi connectivity index (χ0) is 19.4. The van der Waals surface area contributed by atoms with Gasteiger partial charge >= 0.3 is 5.00 Å². The van der Waals surface area contributed by atoms with Gasteiger partial charge in [0.1, 0.15) is 6.61 Å². The van der Waals surface area contributed by atoms with Gasteiger partial charge in [-0.1, -0.05) is 23.5 Å². The minimum atomic E-state index is -0.497. The van der Waals surface area contributed by atoms with Crippen molar-refractivity contribution in [2.75, 3.05) is 20.3 Å². The van der Waals surface area contributed by atoms with Crippen LogP contribution in [0.5, 0.6) is 11.5 Å². The maximum atomic E-state index is 12.4. The summed E-state index contributed by atoms with van der Waals surface area (Å²) in [5, 5.41) is 10.3. The van der Waals surface area contributed by atoms with E-state index in [0.29, 0.717) is 16.4 Å². The number of amides is 2. The van der Waals surface area contributed by atoms with Gasteiger partial charge in [0, 0.05) is 10.9 Å². The van der Waals surface area contributed by atoms with Crippen molar-refractivity contribution in [3.8, 4) is 11.5 Å². The Bertz CT molecular complexity index is 924. The minimum Gasteiger partial charge on any atom is -0.493 e. The van der Waals surface area contributed by atoms with Crippen molar-refractivity contribution in [1.29, 1.82) is 0 Å². The highest BCUT2D eigenvalue weighted by atomic mass is 32.2. The van der Waals surface area contributed by atoms with Gasteiger partial charge in [0.15, 0.2) is 11.5 Å². The Kier molecular flexibility index (Phi) is 5.77. The lowest BCUT2D eigenvalue weighted by Crippen LogP contribution is -2.32. The summed E-state index contributed by atoms with van der Waals surface area (Å²) in [6, 6.07) is 9.99. The van der Waals surface area contributed by atoms with Crippen molar-refractivity contribution in [2.45, 2.75) is 0 Å². The van der Waals surface area contributed by atoms with Gasteiger partial charge in [-0.3, -0.25) is 24.6 Å². The van der Waals surface area contributed by atoms with E-state index in [1.54, 1.807) is 24.3 Å². The summed E-state index contributed by atoms with van der Waals surface area (Å²) >= 11 is 1.75. The molecule has 2 heterocycles. The van der Waals surface area contributed by atoms with Gasteiger partial charge in [-0.15, -0.1) is 0 Å². The van der Waals surface area contributed by atoms with Crippen LogP contribution in [0.1, 0.15) is 4.88 Å². The first-order chi connectivity index (χ1) is 13.0. The molecule has 1 fully saturated rings. The van der Waals surface area contributed by atoms with Crippen LogP contribution in [-0.4, -0.2) is 41.2 Å². The number of rotatable bonds is 7. The average Bonchev–Trinajstić information content (AvgIpc) is 3.22. The molecule has 10 heteroatoms. The quantitative estimate of drug-likeness (QED) is 0.392. The van der Waals surface area contributed by atoms with Crippen LogP contribution in [0.3, 0.4) is 0 Å². The van der Waals surface area contributed by atoms with Gasteiger partial charge in [-0.05, 0) is 36.0 Å². The minimum absolute atomic E-state index is 0.0225. The van der Waals surface area contributed by atoms with Crippen LogP contribution in [0.25, 0.3) is 6.08 Å². The Morgan fingerprint density at radius 2 is 1.93 bits per heavy atom. The zero-order valence-electron chi connectivity index (χ0n) is 14.1. The molecule has 0 saturated carbocycles. The van der Waals surface area contributed by atoms with Gasteiger partial charge < -0.3 is 9.47 Å². The third-order valence-electron chi connectivity index (χ3n) is 3.58. The Hall–Kier alpha value is -2.85. The normalized spacial score (nSPS) is 15.4. The second-order valence-electron chi connectivity index (χ2n) is 5.27. The number of hydrogen-bond acceptors (Lipinski definition) is 8. The van der Waals surface area contributed by atoms with E-state index in [2.05, 4.69) is 0 Å². The predicted octanol–water partition coefficient (Wildman–Crippen LogP) is 3.78. The first kappa shape index (κ1) is 18.9. The number of benzene rings is 1. The van der Waals surface area contributed by atoms with Crippen molar-refractivity contribution < 1.29 is 24.0 Å². The van der Waals surface area contributed by atoms with E-state index in [-0.39, 0.29) is 23.1 Å². The Morgan fingerprint density at radius 1 is 1.19 bits per heavy atom. The molecule has 1 aromatic carbocycles. The smallest absolute Gasteiger partial charge is 0.324 e. The highest BCUT2D eigenvalue weighted by molar-refractivity contribution is 8.18. The van der Waals surface area contributed by atoms with Crippen LogP contribution in [0.2, 0.25) is 0 Å². The highest BCUT2D eigenvalue weighted by Crippen LogP contribution is 2.34. The number of nitrogens with zero attached hydrogens (tertiary/aromatic N) is 2. The fraction of sp³-hybridized carbons (Fsp3) is 0.176. The van der Waals surface area contributed by atoms with E-state index in [0.717, 1.165) is 28.0 Å². The molecular weight excluding hydrogens is 392 g/mol. The molecule has 0 aliphatic carbocycles. The average molecular weight is 406 g/mol. The van der Waals surface area contributed by atoms with E-state index in [1.807, 2.05) is 6.07 Å². The van der Waals surface area contributed by atoms with Crippen molar-refractivity contribution in [1.82, 2.24) is 4.90 Å². The molecule has 8 nitrogen and oxygen atoms in total. The lowest BCUT2D eigenvalue weighted by Gasteiger charge is -2.14. The summed E-state index contributed by atoms with van der Waals surface area (Å²) in [6.07, 6.45) is 1.49. The summed E-state index contributed by atoms with van der Waals surface area (Å²) in [5.74, 6) is 0.643. The van der Waals surface area contributed by atoms with E-state index in [4.69, 9.17) is 9.47 Å². The Morgan fingerprint density at radius 3 is 2.59 bits per heavy atom. The van der Waals surface area contributed by atoms with Crippen LogP contribution < -0.4 is 9.47 Å². The third kappa shape index (κ3) is 4.29. The van der Waals surface area contributed by atoms with Gasteiger partial charge in [0.25, 0.3) is 11.1 Å². The largest absolute Gasteiger partial charge is 0.493 e. The van der Waals surface area contributed by atoms with Crippen LogP contribution >= 0.6 is 23.1 Å². The fourth-order valence-electron chi connectivity index (χ4n) is 2.32. The van der Waals surface area contributed by atoms with E-state index < -0.39 is 16.1 Å². The van der Waals surface area contributed by atoms with Crippen LogP contribution in [-0.2, 0) is 4.79 Å². The highest BCUT2D eigenvalue weighted by Gasteiger charge is 2.35. The molecule has 0 atom stereocenters. The van der Waals surface area contributed by atoms with E-state index in [1.165, 1.54) is 19.3 Å². The summed E-state index contributed by atoms with van der Waals surface area (Å²) in [4.78, 5) is 36.6. The van der Waals surface area contributed by atoms with Gasteiger partial charge in [0.2, 0.25) is 0 Å². The molecule has 2 amide bonds. The molecule has 0 radical (unpaired) electrons. The molecule has 0 bridgehead atoms. The number of thiophene rings is 1. The lowest BCUT2D eigenvalue weighted by atomic mass is 10.3. The molecular formula is C17H14N2O6S2. The topological polar surface area (TPSA) is 99.0 Å². The summed E-state index contributed by atoms with van der Waals surface area (Å²) < 4.78 is 10.8. The monoisotopic (exact) mass is 406 g/mol. The molecule has 1 saturated heterocycles. The maximum Gasteiger partial charge on any atom is 0.324 e. The molecule has 1 aliphatic heterocycles. The summed E-state index contributed by atoms with van der Waals surface area (Å²) in [7, 11) is 1.53. The second-order valence-corrected chi connectivity index (χ2v) is 7.35. The van der Waals surface area contributed by atoms with Gasteiger partial charge in [-0.25, -0.2) is 0 Å². The van der Waals surface area contributed by atoms with Crippen molar-refractivity contribution in [3.05, 3.63) is 56.3 Å². The van der Waals surface area contributed by atoms with Crippen LogP contribution in [0.4, 0.5) is 9.80 Å². The molecule has 0 N–H and O–H groups in total. The number of para-hydroxylation sites is 2. The predicted molar refractivity (Wildman–Crippen MR) is 102 cm³/mol. The first-order valence-corrected chi connectivity index (χ1v) is 9.38. The molecule has 0 unspecified atom stereocenters. The zero-order valence-corrected chi connectivity index (χ0v) is 15.7. The number of imide groups is 1.